The molecule has 3 N–H and O–H groups in total. The molecule has 0 aliphatic carbocycles. The highest BCUT2D eigenvalue weighted by Crippen LogP contribution is 2.33. The number of rotatable bonds is 6. The van der Waals surface area contributed by atoms with E-state index in [2.05, 4.69) is 5.32 Å². The zero-order chi connectivity index (χ0) is 20.4. The summed E-state index contributed by atoms with van der Waals surface area (Å²) in [5.74, 6) is 1.31. The van der Waals surface area contributed by atoms with Gasteiger partial charge in [-0.1, -0.05) is 18.2 Å². The van der Waals surface area contributed by atoms with E-state index in [-0.39, 0.29) is 18.5 Å². The number of carbonyl (C=O) groups excluding carboxylic acids is 2. The van der Waals surface area contributed by atoms with E-state index in [0.717, 1.165) is 22.4 Å². The summed E-state index contributed by atoms with van der Waals surface area (Å²) in [4.78, 5) is 23.7. The second kappa shape index (κ2) is 7.71. The van der Waals surface area contributed by atoms with Gasteiger partial charge in [0.05, 0.1) is 0 Å². The van der Waals surface area contributed by atoms with Crippen molar-refractivity contribution < 1.29 is 23.5 Å². The molecule has 2 amide bonds. The molecular formula is C22H20N2O5. The average Bonchev–Trinajstić information content (AvgIpc) is 3.37. The van der Waals surface area contributed by atoms with Crippen LogP contribution in [-0.2, 0) is 11.2 Å². The van der Waals surface area contributed by atoms with Gasteiger partial charge < -0.3 is 24.9 Å². The van der Waals surface area contributed by atoms with Crippen molar-refractivity contribution in [2.24, 2.45) is 5.73 Å². The highest BCUT2D eigenvalue weighted by atomic mass is 16.7. The van der Waals surface area contributed by atoms with Crippen molar-refractivity contribution in [1.82, 2.24) is 0 Å². The molecule has 3 aromatic rings. The Kier molecular flexibility index (Phi) is 4.95. The minimum absolute atomic E-state index is 0.0925. The lowest BCUT2D eigenvalue weighted by atomic mass is 10.1. The zero-order valence-corrected chi connectivity index (χ0v) is 15.9. The number of hydrogen-bond donors (Lipinski definition) is 2. The van der Waals surface area contributed by atoms with Crippen LogP contribution in [-0.4, -0.2) is 18.6 Å². The van der Waals surface area contributed by atoms with Crippen molar-refractivity contribution in [3.8, 4) is 22.8 Å². The minimum Gasteiger partial charge on any atom is -0.454 e. The molecular weight excluding hydrogens is 372 g/mol. The first kappa shape index (κ1) is 18.6. The number of amides is 2. The predicted molar refractivity (Wildman–Crippen MR) is 107 cm³/mol. The van der Waals surface area contributed by atoms with Crippen LogP contribution in [0.4, 0.5) is 5.69 Å². The lowest BCUT2D eigenvalue weighted by Crippen LogP contribution is -2.13. The molecule has 0 radical (unpaired) electrons. The van der Waals surface area contributed by atoms with Crippen molar-refractivity contribution in [1.29, 1.82) is 0 Å². The first-order valence-electron chi connectivity index (χ1n) is 9.18. The number of nitrogens with two attached hydrogens (primary N) is 1. The van der Waals surface area contributed by atoms with Crippen molar-refractivity contribution in [2.75, 3.05) is 12.1 Å². The van der Waals surface area contributed by atoms with Gasteiger partial charge in [-0.3, -0.25) is 9.59 Å². The van der Waals surface area contributed by atoms with Gasteiger partial charge in [0.15, 0.2) is 17.3 Å². The standard InChI is InChI=1S/C22H20N2O5/c1-13-2-5-15(17-7-8-19(29-17)22(23)26)11-16(13)24-21(25)9-4-14-3-6-18-20(10-14)28-12-27-18/h2-3,5-8,10-11H,4,9,12H2,1H3,(H2,23,26)(H,24,25). The number of anilines is 1. The summed E-state index contributed by atoms with van der Waals surface area (Å²) in [6.45, 7) is 2.14. The number of furan rings is 1. The van der Waals surface area contributed by atoms with Crippen LogP contribution in [0.1, 0.15) is 28.1 Å². The summed E-state index contributed by atoms with van der Waals surface area (Å²) in [6, 6.07) is 14.5. The molecule has 0 saturated carbocycles. The van der Waals surface area contributed by atoms with Gasteiger partial charge in [0, 0.05) is 17.7 Å². The van der Waals surface area contributed by atoms with Crippen molar-refractivity contribution in [2.45, 2.75) is 19.8 Å². The molecule has 0 unspecified atom stereocenters. The van der Waals surface area contributed by atoms with Gasteiger partial charge in [-0.2, -0.15) is 0 Å². The van der Waals surface area contributed by atoms with Crippen LogP contribution < -0.4 is 20.5 Å². The number of benzene rings is 2. The summed E-state index contributed by atoms with van der Waals surface area (Å²) in [6.07, 6.45) is 0.914. The van der Waals surface area contributed by atoms with E-state index in [1.807, 2.05) is 43.3 Å². The molecule has 0 spiro atoms. The Bertz CT molecular complexity index is 1090. The largest absolute Gasteiger partial charge is 0.454 e. The van der Waals surface area contributed by atoms with Gasteiger partial charge in [-0.25, -0.2) is 0 Å². The maximum Gasteiger partial charge on any atom is 0.284 e. The quantitative estimate of drug-likeness (QED) is 0.666. The average molecular weight is 392 g/mol. The molecule has 1 aromatic heterocycles. The van der Waals surface area contributed by atoms with Crippen LogP contribution in [0.2, 0.25) is 0 Å². The van der Waals surface area contributed by atoms with Gasteiger partial charge >= 0.3 is 0 Å². The highest BCUT2D eigenvalue weighted by Gasteiger charge is 2.14. The lowest BCUT2D eigenvalue weighted by Gasteiger charge is -2.10. The van der Waals surface area contributed by atoms with E-state index < -0.39 is 5.91 Å². The second-order valence-corrected chi connectivity index (χ2v) is 6.79. The maximum atomic E-state index is 12.5. The second-order valence-electron chi connectivity index (χ2n) is 6.79. The fraction of sp³-hybridized carbons (Fsp3) is 0.182. The zero-order valence-electron chi connectivity index (χ0n) is 15.9. The molecule has 4 rings (SSSR count). The fourth-order valence-electron chi connectivity index (χ4n) is 3.10. The van der Waals surface area contributed by atoms with Crippen LogP contribution in [0.15, 0.2) is 52.9 Å². The van der Waals surface area contributed by atoms with E-state index in [0.29, 0.717) is 30.0 Å². The number of hydrogen-bond acceptors (Lipinski definition) is 5. The molecule has 1 aliphatic heterocycles. The minimum atomic E-state index is -0.625. The third-order valence-electron chi connectivity index (χ3n) is 4.72. The van der Waals surface area contributed by atoms with E-state index >= 15 is 0 Å². The summed E-state index contributed by atoms with van der Waals surface area (Å²) < 4.78 is 16.1. The van der Waals surface area contributed by atoms with Crippen LogP contribution in [0, 0.1) is 6.92 Å². The SMILES string of the molecule is Cc1ccc(-c2ccc(C(N)=O)o2)cc1NC(=O)CCc1ccc2c(c1)OCO2. The fourth-order valence-corrected chi connectivity index (χ4v) is 3.10. The molecule has 1 aliphatic rings. The molecule has 7 nitrogen and oxygen atoms in total. The van der Waals surface area contributed by atoms with Crippen LogP contribution in [0.5, 0.6) is 11.5 Å². The molecule has 0 bridgehead atoms. The third kappa shape index (κ3) is 4.08. The van der Waals surface area contributed by atoms with Gasteiger partial charge in [0.1, 0.15) is 5.76 Å². The molecule has 2 aromatic carbocycles. The Morgan fingerprint density at radius 2 is 1.86 bits per heavy atom. The van der Waals surface area contributed by atoms with Crippen molar-refractivity contribution in [3.05, 3.63) is 65.4 Å². The number of fused-ring (bicyclic) bond motifs is 1. The topological polar surface area (TPSA) is 104 Å². The Morgan fingerprint density at radius 1 is 1.03 bits per heavy atom. The normalized spacial score (nSPS) is 12.0. The molecule has 148 valence electrons. The molecule has 0 fully saturated rings. The number of aryl methyl sites for hydroxylation is 2. The number of primary amides is 1. The summed E-state index contributed by atoms with van der Waals surface area (Å²) >= 11 is 0. The molecule has 29 heavy (non-hydrogen) atoms. The summed E-state index contributed by atoms with van der Waals surface area (Å²) in [5.41, 5.74) is 8.59. The molecule has 2 heterocycles. The van der Waals surface area contributed by atoms with Gasteiger partial charge in [-0.05, 0) is 54.8 Å². The smallest absolute Gasteiger partial charge is 0.284 e. The number of nitrogens with one attached hydrogen (secondary N) is 1. The van der Waals surface area contributed by atoms with Crippen molar-refractivity contribution in [3.63, 3.8) is 0 Å². The Balaban J connectivity index is 1.42. The lowest BCUT2D eigenvalue weighted by molar-refractivity contribution is -0.116. The maximum absolute atomic E-state index is 12.5. The van der Waals surface area contributed by atoms with Gasteiger partial charge in [0.25, 0.3) is 5.91 Å². The van der Waals surface area contributed by atoms with Crippen LogP contribution >= 0.6 is 0 Å². The van der Waals surface area contributed by atoms with E-state index in [4.69, 9.17) is 19.6 Å². The Morgan fingerprint density at radius 3 is 2.66 bits per heavy atom. The number of ether oxygens (including phenoxy) is 2. The Labute approximate surface area is 167 Å². The van der Waals surface area contributed by atoms with Crippen LogP contribution in [0.3, 0.4) is 0 Å². The Hall–Kier alpha value is -3.74. The van der Waals surface area contributed by atoms with E-state index in [9.17, 15) is 9.59 Å². The molecule has 0 atom stereocenters. The third-order valence-corrected chi connectivity index (χ3v) is 4.72. The molecule has 7 heteroatoms. The highest BCUT2D eigenvalue weighted by molar-refractivity contribution is 5.93. The number of carbonyl (C=O) groups is 2. The first-order chi connectivity index (χ1) is 14.0. The van der Waals surface area contributed by atoms with Crippen molar-refractivity contribution >= 4 is 17.5 Å². The van der Waals surface area contributed by atoms with Gasteiger partial charge in [-0.15, -0.1) is 0 Å². The summed E-state index contributed by atoms with van der Waals surface area (Å²) in [7, 11) is 0. The van der Waals surface area contributed by atoms with Gasteiger partial charge in [0.2, 0.25) is 12.7 Å². The van der Waals surface area contributed by atoms with Crippen LogP contribution in [0.25, 0.3) is 11.3 Å². The van der Waals surface area contributed by atoms with E-state index in [1.165, 1.54) is 6.07 Å². The van der Waals surface area contributed by atoms with E-state index in [1.54, 1.807) is 6.07 Å². The monoisotopic (exact) mass is 392 g/mol. The predicted octanol–water partition coefficient (Wildman–Crippen LogP) is 3.65. The first-order valence-corrected chi connectivity index (χ1v) is 9.18. The summed E-state index contributed by atoms with van der Waals surface area (Å²) in [5, 5.41) is 2.94. The molecule has 0 saturated heterocycles.